The minimum atomic E-state index is -0.306. The van der Waals surface area contributed by atoms with Crippen LogP contribution in [0.4, 0.5) is 27.8 Å². The first-order valence-electron chi connectivity index (χ1n) is 15.3. The number of piperazine rings is 1. The first-order chi connectivity index (χ1) is 21.7. The van der Waals surface area contributed by atoms with Gasteiger partial charge in [0.25, 0.3) is 0 Å². The molecule has 44 heavy (non-hydrogen) atoms. The van der Waals surface area contributed by atoms with Crippen LogP contribution in [0.15, 0.2) is 91.3 Å². The van der Waals surface area contributed by atoms with E-state index in [0.717, 1.165) is 55.5 Å². The lowest BCUT2D eigenvalue weighted by molar-refractivity contribution is -0.0829. The quantitative estimate of drug-likeness (QED) is 0.276. The zero-order chi connectivity index (χ0) is 29.7. The Morgan fingerprint density at radius 2 is 1.55 bits per heavy atom. The molecule has 3 fully saturated rings. The van der Waals surface area contributed by atoms with Crippen molar-refractivity contribution in [1.82, 2.24) is 19.9 Å². The summed E-state index contributed by atoms with van der Waals surface area (Å²) in [6.07, 6.45) is 6.91. The van der Waals surface area contributed by atoms with Crippen molar-refractivity contribution in [3.05, 3.63) is 108 Å². The SMILES string of the molecule is O=C(Nc1cccc(C#Cc2cnc(Nc3ccc(N4CCN(C5CC5)CC4)cc3)nc2)c1)N1OCC[C@H]1c1ccccc1. The number of anilines is 4. The lowest BCUT2D eigenvalue weighted by Crippen LogP contribution is -2.47. The molecule has 0 spiro atoms. The molecule has 2 aliphatic heterocycles. The van der Waals surface area contributed by atoms with Gasteiger partial charge >= 0.3 is 6.03 Å². The minimum absolute atomic E-state index is 0.117. The number of hydrogen-bond acceptors (Lipinski definition) is 7. The molecular formula is C35H35N7O2. The summed E-state index contributed by atoms with van der Waals surface area (Å²) in [4.78, 5) is 32.6. The Labute approximate surface area is 257 Å². The molecule has 2 saturated heterocycles. The molecule has 9 heteroatoms. The Bertz CT molecular complexity index is 1640. The summed E-state index contributed by atoms with van der Waals surface area (Å²) >= 11 is 0. The molecule has 0 radical (unpaired) electrons. The van der Waals surface area contributed by atoms with Crippen molar-refractivity contribution in [1.29, 1.82) is 0 Å². The maximum atomic E-state index is 13.0. The highest BCUT2D eigenvalue weighted by atomic mass is 16.7. The molecule has 222 valence electrons. The molecule has 0 bridgehead atoms. The van der Waals surface area contributed by atoms with Gasteiger partial charge in [-0.2, -0.15) is 5.06 Å². The number of nitrogens with one attached hydrogen (secondary N) is 2. The molecule has 3 aliphatic rings. The van der Waals surface area contributed by atoms with E-state index in [1.54, 1.807) is 12.4 Å². The Kier molecular flexibility index (Phi) is 8.09. The van der Waals surface area contributed by atoms with Crippen LogP contribution < -0.4 is 15.5 Å². The van der Waals surface area contributed by atoms with E-state index in [1.807, 2.05) is 54.6 Å². The van der Waals surface area contributed by atoms with Crippen LogP contribution in [0.2, 0.25) is 0 Å². The van der Waals surface area contributed by atoms with Gasteiger partial charge < -0.3 is 15.5 Å². The van der Waals surface area contributed by atoms with Crippen LogP contribution in [0.1, 0.15) is 42.0 Å². The van der Waals surface area contributed by atoms with Gasteiger partial charge in [0.15, 0.2) is 0 Å². The second kappa shape index (κ2) is 12.8. The fraction of sp³-hybridized carbons (Fsp3) is 0.286. The summed E-state index contributed by atoms with van der Waals surface area (Å²) < 4.78 is 0. The van der Waals surface area contributed by atoms with E-state index in [1.165, 1.54) is 23.6 Å². The second-order valence-corrected chi connectivity index (χ2v) is 11.4. The molecule has 3 heterocycles. The summed E-state index contributed by atoms with van der Waals surface area (Å²) in [5.74, 6) is 6.78. The topological polar surface area (TPSA) is 85.9 Å². The molecule has 2 N–H and O–H groups in total. The number of rotatable bonds is 6. The van der Waals surface area contributed by atoms with Crippen LogP contribution in [0.3, 0.4) is 0 Å². The first-order valence-corrected chi connectivity index (χ1v) is 15.3. The molecule has 2 amide bonds. The number of hydrogen-bond donors (Lipinski definition) is 2. The second-order valence-electron chi connectivity index (χ2n) is 11.4. The summed E-state index contributed by atoms with van der Waals surface area (Å²) in [6.45, 7) is 4.96. The third-order valence-electron chi connectivity index (χ3n) is 8.27. The third-order valence-corrected chi connectivity index (χ3v) is 8.27. The number of carbonyl (C=O) groups is 1. The van der Waals surface area contributed by atoms with Crippen LogP contribution in [0, 0.1) is 11.8 Å². The summed E-state index contributed by atoms with van der Waals surface area (Å²) in [5, 5.41) is 7.64. The lowest BCUT2D eigenvalue weighted by atomic mass is 10.1. The summed E-state index contributed by atoms with van der Waals surface area (Å²) in [6, 6.07) is 26.2. The fourth-order valence-corrected chi connectivity index (χ4v) is 5.77. The number of carbonyl (C=O) groups excluding carboxylic acids is 1. The zero-order valence-corrected chi connectivity index (χ0v) is 24.5. The highest BCUT2D eigenvalue weighted by Crippen LogP contribution is 2.31. The number of hydroxylamine groups is 2. The van der Waals surface area contributed by atoms with Crippen molar-refractivity contribution in [3.63, 3.8) is 0 Å². The predicted molar refractivity (Wildman–Crippen MR) is 172 cm³/mol. The first kappa shape index (κ1) is 27.9. The average molecular weight is 586 g/mol. The highest BCUT2D eigenvalue weighted by Gasteiger charge is 2.32. The van der Waals surface area contributed by atoms with Gasteiger partial charge in [0.2, 0.25) is 5.95 Å². The molecule has 7 rings (SSSR count). The van der Waals surface area contributed by atoms with E-state index in [9.17, 15) is 4.79 Å². The monoisotopic (exact) mass is 585 g/mol. The van der Waals surface area contributed by atoms with Crippen LogP contribution in [-0.2, 0) is 4.84 Å². The number of benzene rings is 3. The van der Waals surface area contributed by atoms with E-state index in [4.69, 9.17) is 4.84 Å². The van der Waals surface area contributed by atoms with Crippen LogP contribution in [0.25, 0.3) is 0 Å². The van der Waals surface area contributed by atoms with Crippen molar-refractivity contribution in [3.8, 4) is 11.8 Å². The largest absolute Gasteiger partial charge is 0.369 e. The molecule has 1 aliphatic carbocycles. The Hall–Kier alpha value is -4.91. The fourth-order valence-electron chi connectivity index (χ4n) is 5.77. The Morgan fingerprint density at radius 3 is 2.30 bits per heavy atom. The summed E-state index contributed by atoms with van der Waals surface area (Å²) in [7, 11) is 0. The Balaban J connectivity index is 0.931. The normalized spacial score (nSPS) is 18.4. The van der Waals surface area contributed by atoms with Gasteiger partial charge in [0.05, 0.1) is 18.2 Å². The predicted octanol–water partition coefficient (Wildman–Crippen LogP) is 5.81. The molecule has 1 atom stereocenters. The van der Waals surface area contributed by atoms with Crippen LogP contribution >= 0.6 is 0 Å². The summed E-state index contributed by atoms with van der Waals surface area (Å²) in [5.41, 5.74) is 5.35. The van der Waals surface area contributed by atoms with Crippen molar-refractivity contribution >= 4 is 29.0 Å². The van der Waals surface area contributed by atoms with Crippen molar-refractivity contribution in [2.75, 3.05) is 48.3 Å². The zero-order valence-electron chi connectivity index (χ0n) is 24.5. The highest BCUT2D eigenvalue weighted by molar-refractivity contribution is 5.89. The minimum Gasteiger partial charge on any atom is -0.369 e. The van der Waals surface area contributed by atoms with Gasteiger partial charge in [-0.1, -0.05) is 48.2 Å². The van der Waals surface area contributed by atoms with E-state index in [2.05, 4.69) is 66.5 Å². The van der Waals surface area contributed by atoms with E-state index < -0.39 is 0 Å². The molecule has 1 aromatic heterocycles. The number of amides is 2. The smallest absolute Gasteiger partial charge is 0.346 e. The Morgan fingerprint density at radius 1 is 0.795 bits per heavy atom. The third kappa shape index (κ3) is 6.67. The van der Waals surface area contributed by atoms with Gasteiger partial charge in [0, 0.05) is 73.7 Å². The van der Waals surface area contributed by atoms with Crippen molar-refractivity contribution < 1.29 is 9.63 Å². The van der Waals surface area contributed by atoms with Crippen molar-refractivity contribution in [2.24, 2.45) is 0 Å². The van der Waals surface area contributed by atoms with Crippen molar-refractivity contribution in [2.45, 2.75) is 31.3 Å². The van der Waals surface area contributed by atoms with Gasteiger partial charge in [0.1, 0.15) is 0 Å². The molecule has 9 nitrogen and oxygen atoms in total. The maximum absolute atomic E-state index is 13.0. The molecule has 1 saturated carbocycles. The van der Waals surface area contributed by atoms with E-state index in [-0.39, 0.29) is 12.1 Å². The standard InChI is InChI=1S/C35H35N7O2/c43-35(42-33(17-22-44-42)28-6-2-1-3-7-28)39-30-8-4-5-26(23-30)9-10-27-24-36-34(37-25-27)38-29-11-13-31(14-12-29)40-18-20-41(21-19-40)32-15-16-32/h1-8,11-14,23-25,32-33H,15-22H2,(H,39,43)(H,36,37,38)/t33-/m0/s1. The maximum Gasteiger partial charge on any atom is 0.346 e. The number of urea groups is 1. The molecular weight excluding hydrogens is 550 g/mol. The van der Waals surface area contributed by atoms with E-state index in [0.29, 0.717) is 23.8 Å². The van der Waals surface area contributed by atoms with E-state index >= 15 is 0 Å². The average Bonchev–Trinajstić information content (AvgIpc) is 3.81. The molecule has 0 unspecified atom stereocenters. The van der Waals surface area contributed by atoms with Crippen LogP contribution in [-0.4, -0.2) is 64.8 Å². The van der Waals surface area contributed by atoms with Gasteiger partial charge in [-0.25, -0.2) is 14.8 Å². The number of aromatic nitrogens is 2. The molecule has 4 aromatic rings. The number of nitrogens with zero attached hydrogens (tertiary/aromatic N) is 5. The van der Waals surface area contributed by atoms with Gasteiger partial charge in [-0.3, -0.25) is 9.74 Å². The van der Waals surface area contributed by atoms with Gasteiger partial charge in [-0.15, -0.1) is 0 Å². The molecule has 3 aromatic carbocycles. The van der Waals surface area contributed by atoms with Gasteiger partial charge in [-0.05, 0) is 60.9 Å². The lowest BCUT2D eigenvalue weighted by Gasteiger charge is -2.36. The van der Waals surface area contributed by atoms with Crippen LogP contribution in [0.5, 0.6) is 0 Å².